The third-order valence-electron chi connectivity index (χ3n) is 2.77. The average Bonchev–Trinajstić information content (AvgIpc) is 2.49. The first kappa shape index (κ1) is 15.0. The van der Waals surface area contributed by atoms with Gasteiger partial charge < -0.3 is 10.6 Å². The molecule has 0 radical (unpaired) electrons. The smallest absolute Gasteiger partial charge is 0.258 e. The van der Waals surface area contributed by atoms with E-state index in [4.69, 9.17) is 11.6 Å². The summed E-state index contributed by atoms with van der Waals surface area (Å²) in [7, 11) is 0. The Kier molecular flexibility index (Phi) is 4.90. The van der Waals surface area contributed by atoms with Gasteiger partial charge in [0.05, 0.1) is 5.56 Å². The summed E-state index contributed by atoms with van der Waals surface area (Å²) >= 11 is 5.92. The normalized spacial score (nSPS) is 10.0. The maximum atomic E-state index is 12.1. The Balaban J connectivity index is 2.09. The lowest BCUT2D eigenvalue weighted by atomic mass is 10.2. The number of benzene rings is 1. The Labute approximate surface area is 128 Å². The molecule has 1 heterocycles. The van der Waals surface area contributed by atoms with E-state index in [1.807, 2.05) is 13.0 Å². The van der Waals surface area contributed by atoms with E-state index in [1.165, 1.54) is 12.4 Å². The van der Waals surface area contributed by atoms with E-state index in [9.17, 15) is 4.79 Å². The van der Waals surface area contributed by atoms with Gasteiger partial charge >= 0.3 is 0 Å². The van der Waals surface area contributed by atoms with E-state index >= 15 is 0 Å². The summed E-state index contributed by atoms with van der Waals surface area (Å²) in [5.74, 6) is 0.168. The molecule has 2 aromatic rings. The summed E-state index contributed by atoms with van der Waals surface area (Å²) in [6.07, 6.45) is 4.63. The molecule has 0 fully saturated rings. The Morgan fingerprint density at radius 1 is 1.38 bits per heavy atom. The number of carbonyl (C=O) groups is 1. The molecule has 0 saturated carbocycles. The van der Waals surface area contributed by atoms with Crippen molar-refractivity contribution in [3.8, 4) is 0 Å². The van der Waals surface area contributed by atoms with Crippen LogP contribution < -0.4 is 10.6 Å². The quantitative estimate of drug-likeness (QED) is 0.832. The molecule has 2 rings (SSSR count). The van der Waals surface area contributed by atoms with Crippen LogP contribution in [-0.2, 0) is 0 Å². The van der Waals surface area contributed by atoms with Gasteiger partial charge in [-0.2, -0.15) is 0 Å². The molecule has 0 aliphatic carbocycles. The molecule has 0 saturated heterocycles. The predicted molar refractivity (Wildman–Crippen MR) is 84.9 cm³/mol. The summed E-state index contributed by atoms with van der Waals surface area (Å²) in [6.45, 7) is 6.05. The lowest BCUT2D eigenvalue weighted by Crippen LogP contribution is -2.14. The molecule has 0 aliphatic rings. The van der Waals surface area contributed by atoms with Crippen LogP contribution in [0.4, 0.5) is 11.6 Å². The first-order chi connectivity index (χ1) is 10.1. The van der Waals surface area contributed by atoms with Crippen LogP contribution in [0.2, 0.25) is 5.02 Å². The fourth-order valence-corrected chi connectivity index (χ4v) is 1.80. The maximum absolute atomic E-state index is 12.1. The highest BCUT2D eigenvalue weighted by molar-refractivity contribution is 6.31. The van der Waals surface area contributed by atoms with Crippen LogP contribution in [0.3, 0.4) is 0 Å². The number of hydrogen-bond donors (Lipinski definition) is 2. The summed E-state index contributed by atoms with van der Waals surface area (Å²) in [4.78, 5) is 20.3. The molecule has 0 spiro atoms. The summed E-state index contributed by atoms with van der Waals surface area (Å²) in [5, 5.41) is 6.29. The number of hydrogen-bond acceptors (Lipinski definition) is 4. The van der Waals surface area contributed by atoms with Crippen molar-refractivity contribution in [2.24, 2.45) is 0 Å². The number of aromatic nitrogens is 2. The number of nitrogens with one attached hydrogen (secondary N) is 2. The van der Waals surface area contributed by atoms with Gasteiger partial charge in [-0.05, 0) is 24.6 Å². The molecule has 0 bridgehead atoms. The molecule has 1 aromatic heterocycles. The molecule has 2 N–H and O–H groups in total. The van der Waals surface area contributed by atoms with Crippen LogP contribution in [0.15, 0.2) is 43.2 Å². The van der Waals surface area contributed by atoms with Crippen molar-refractivity contribution in [1.29, 1.82) is 0 Å². The van der Waals surface area contributed by atoms with Gasteiger partial charge in [-0.25, -0.2) is 9.97 Å². The van der Waals surface area contributed by atoms with Gasteiger partial charge in [0.25, 0.3) is 5.91 Å². The molecule has 5 nitrogen and oxygen atoms in total. The van der Waals surface area contributed by atoms with E-state index in [2.05, 4.69) is 27.2 Å². The van der Waals surface area contributed by atoms with E-state index in [1.54, 1.807) is 18.2 Å². The molecule has 1 amide bonds. The van der Waals surface area contributed by atoms with Crippen LogP contribution in [0.25, 0.3) is 0 Å². The summed E-state index contributed by atoms with van der Waals surface area (Å²) in [5.41, 5.74) is 1.97. The lowest BCUT2D eigenvalue weighted by molar-refractivity contribution is 0.102. The maximum Gasteiger partial charge on any atom is 0.258 e. The number of amides is 1. The van der Waals surface area contributed by atoms with Gasteiger partial charge in [0, 0.05) is 29.6 Å². The van der Waals surface area contributed by atoms with E-state index < -0.39 is 0 Å². The largest absolute Gasteiger partial charge is 0.351 e. The van der Waals surface area contributed by atoms with Crippen LogP contribution in [0.5, 0.6) is 0 Å². The second-order valence-corrected chi connectivity index (χ2v) is 4.81. The van der Waals surface area contributed by atoms with Crippen molar-refractivity contribution >= 4 is 29.1 Å². The highest BCUT2D eigenvalue weighted by atomic mass is 35.5. The second-order valence-electron chi connectivity index (χ2n) is 4.38. The van der Waals surface area contributed by atoms with E-state index in [-0.39, 0.29) is 5.91 Å². The number of aryl methyl sites for hydroxylation is 1. The minimum absolute atomic E-state index is 0.282. The molecule has 0 atom stereocenters. The average molecular weight is 303 g/mol. The van der Waals surface area contributed by atoms with Gasteiger partial charge in [0.2, 0.25) is 5.95 Å². The fourth-order valence-electron chi connectivity index (χ4n) is 1.62. The molecule has 6 heteroatoms. The van der Waals surface area contributed by atoms with Crippen molar-refractivity contribution in [2.75, 3.05) is 17.2 Å². The number of nitrogens with zero attached hydrogens (tertiary/aromatic N) is 2. The zero-order valence-corrected chi connectivity index (χ0v) is 12.3. The second kappa shape index (κ2) is 6.85. The predicted octanol–water partition coefficient (Wildman–Crippen LogP) is 3.29. The number of rotatable bonds is 5. The zero-order chi connectivity index (χ0) is 15.2. The topological polar surface area (TPSA) is 66.9 Å². The van der Waals surface area contributed by atoms with Crippen LogP contribution in [-0.4, -0.2) is 22.4 Å². The first-order valence-corrected chi connectivity index (χ1v) is 6.72. The summed E-state index contributed by atoms with van der Waals surface area (Å²) in [6, 6.07) is 5.32. The standard InChI is InChI=1S/C15H15ClN4O/c1-3-6-17-15-18-8-11(9-19-15)14(21)20-13-7-12(16)5-4-10(13)2/h3-5,7-9H,1,6H2,2H3,(H,20,21)(H,17,18,19). The van der Waals surface area contributed by atoms with Gasteiger partial charge in [0.1, 0.15) is 0 Å². The van der Waals surface area contributed by atoms with E-state index in [0.29, 0.717) is 28.8 Å². The molecule has 0 aliphatic heterocycles. The lowest BCUT2D eigenvalue weighted by Gasteiger charge is -2.09. The number of halogens is 1. The van der Waals surface area contributed by atoms with Gasteiger partial charge in [0.15, 0.2) is 0 Å². The van der Waals surface area contributed by atoms with Crippen molar-refractivity contribution in [1.82, 2.24) is 9.97 Å². The molecule has 1 aromatic carbocycles. The minimum Gasteiger partial charge on any atom is -0.351 e. The number of carbonyl (C=O) groups excluding carboxylic acids is 1. The zero-order valence-electron chi connectivity index (χ0n) is 11.6. The number of anilines is 2. The van der Waals surface area contributed by atoms with Gasteiger partial charge in [-0.15, -0.1) is 6.58 Å². The minimum atomic E-state index is -0.282. The molecular weight excluding hydrogens is 288 g/mol. The van der Waals surface area contributed by atoms with Crippen molar-refractivity contribution in [3.63, 3.8) is 0 Å². The van der Waals surface area contributed by atoms with Gasteiger partial charge in [-0.1, -0.05) is 23.7 Å². The van der Waals surface area contributed by atoms with Crippen LogP contribution in [0, 0.1) is 6.92 Å². The SMILES string of the molecule is C=CCNc1ncc(C(=O)Nc2cc(Cl)ccc2C)cn1. The van der Waals surface area contributed by atoms with Crippen molar-refractivity contribution in [3.05, 3.63) is 59.4 Å². The Bertz CT molecular complexity index is 655. The van der Waals surface area contributed by atoms with Crippen molar-refractivity contribution < 1.29 is 4.79 Å². The molecular formula is C15H15ClN4O. The third kappa shape index (κ3) is 4.03. The Morgan fingerprint density at radius 3 is 2.76 bits per heavy atom. The third-order valence-corrected chi connectivity index (χ3v) is 3.00. The highest BCUT2D eigenvalue weighted by Gasteiger charge is 2.09. The van der Waals surface area contributed by atoms with Crippen LogP contribution in [0.1, 0.15) is 15.9 Å². The summed E-state index contributed by atoms with van der Waals surface area (Å²) < 4.78 is 0. The molecule has 0 unspecified atom stereocenters. The monoisotopic (exact) mass is 302 g/mol. The Hall–Kier alpha value is -2.40. The van der Waals surface area contributed by atoms with Crippen LogP contribution >= 0.6 is 11.6 Å². The molecule has 21 heavy (non-hydrogen) atoms. The first-order valence-electron chi connectivity index (χ1n) is 6.34. The van der Waals surface area contributed by atoms with E-state index in [0.717, 1.165) is 5.56 Å². The fraction of sp³-hybridized carbons (Fsp3) is 0.133. The Morgan fingerprint density at radius 2 is 2.10 bits per heavy atom. The highest BCUT2D eigenvalue weighted by Crippen LogP contribution is 2.20. The van der Waals surface area contributed by atoms with Gasteiger partial charge in [-0.3, -0.25) is 4.79 Å². The van der Waals surface area contributed by atoms with Crippen molar-refractivity contribution in [2.45, 2.75) is 6.92 Å². The molecule has 108 valence electrons.